The normalized spacial score (nSPS) is 12.9. The molecule has 0 unspecified atom stereocenters. The van der Waals surface area contributed by atoms with Crippen molar-refractivity contribution in [3.05, 3.63) is 169 Å². The third kappa shape index (κ3) is 4.99. The van der Waals surface area contributed by atoms with Crippen LogP contribution in [0.25, 0.3) is 45.6 Å². The number of ketones is 1. The Balaban J connectivity index is 1.46. The number of nitrogens with zero attached hydrogens (tertiary/aromatic N) is 12. The largest absolute Gasteiger partial charge is 0.289 e. The number of fused-ring (bicyclic) bond motifs is 2. The highest BCUT2D eigenvalue weighted by Gasteiger charge is 2.47. The Morgan fingerprint density at radius 2 is 0.667 bits per heavy atom. The van der Waals surface area contributed by atoms with Gasteiger partial charge in [-0.25, -0.2) is 59.8 Å². The lowest BCUT2D eigenvalue weighted by Gasteiger charge is -2.42. The predicted octanol–water partition coefficient (Wildman–Crippen LogP) is 5.02. The van der Waals surface area contributed by atoms with Gasteiger partial charge in [0.2, 0.25) is 0 Å². The van der Waals surface area contributed by atoms with Crippen LogP contribution in [-0.4, -0.2) is 65.6 Å². The van der Waals surface area contributed by atoms with Gasteiger partial charge in [-0.05, 0) is 58.7 Å². The maximum atomic E-state index is 14.3. The van der Waals surface area contributed by atoms with E-state index in [0.717, 1.165) is 22.3 Å². The molecule has 0 N–H and O–H groups in total. The van der Waals surface area contributed by atoms with Gasteiger partial charge in [0.25, 0.3) is 0 Å². The fraction of sp³-hybridized carbons (Fsp3) is 0.0263. The molecule has 0 fully saturated rings. The monoisotopic (exact) mass is 662 g/mol. The topological polar surface area (TPSA) is 172 Å². The summed E-state index contributed by atoms with van der Waals surface area (Å²) in [4.78, 5) is 66.5. The molecule has 0 radical (unpaired) electrons. The molecule has 9 rings (SSSR count). The Hall–Kier alpha value is -7.41. The van der Waals surface area contributed by atoms with Crippen molar-refractivity contribution >= 4 is 5.78 Å². The van der Waals surface area contributed by atoms with Crippen molar-refractivity contribution in [3.63, 3.8) is 0 Å². The summed E-state index contributed by atoms with van der Waals surface area (Å²) in [6.07, 6.45) is 11.6. The molecule has 0 spiro atoms. The van der Waals surface area contributed by atoms with Crippen molar-refractivity contribution in [3.8, 4) is 45.6 Å². The Kier molecular flexibility index (Phi) is 7.13. The average Bonchev–Trinajstić information content (AvgIpc) is 3.22. The van der Waals surface area contributed by atoms with Crippen molar-refractivity contribution in [2.24, 2.45) is 0 Å². The second kappa shape index (κ2) is 12.2. The molecule has 13 nitrogen and oxygen atoms in total. The second-order valence-corrected chi connectivity index (χ2v) is 11.6. The Bertz CT molecular complexity index is 2260. The van der Waals surface area contributed by atoms with Gasteiger partial charge in [-0.15, -0.1) is 0 Å². The first-order valence-corrected chi connectivity index (χ1v) is 15.7. The van der Waals surface area contributed by atoms with Crippen LogP contribution in [0, 0.1) is 0 Å². The van der Waals surface area contributed by atoms with E-state index in [-0.39, 0.29) is 5.78 Å². The minimum Gasteiger partial charge on any atom is -0.289 e. The van der Waals surface area contributed by atoms with Crippen LogP contribution >= 0.6 is 0 Å². The zero-order chi connectivity index (χ0) is 34.2. The summed E-state index contributed by atoms with van der Waals surface area (Å²) in [6.45, 7) is 0. The standard InChI is InChI=1S/C38H22N12O/c51-33-29-5-1-3-7-31(29)38(32-8-4-2-6-30(32)33,27-11-23(34-43-15-39-16-44-34)9-24(12-27)35-45-17-40-18-46-35)28-13-25(36-47-19-41-20-48-36)10-26(14-28)37-49-21-42-22-50-37/h1-22H. The van der Waals surface area contributed by atoms with Crippen LogP contribution in [0.2, 0.25) is 0 Å². The molecule has 0 aliphatic heterocycles. The average molecular weight is 663 g/mol. The van der Waals surface area contributed by atoms with E-state index in [0.29, 0.717) is 56.7 Å². The van der Waals surface area contributed by atoms with E-state index in [1.165, 1.54) is 50.6 Å². The molecule has 51 heavy (non-hydrogen) atoms. The first kappa shape index (κ1) is 29.7. The molecule has 1 aliphatic carbocycles. The van der Waals surface area contributed by atoms with Gasteiger partial charge in [-0.1, -0.05) is 48.5 Å². The van der Waals surface area contributed by atoms with Crippen molar-refractivity contribution in [1.82, 2.24) is 59.8 Å². The maximum Gasteiger partial charge on any atom is 0.193 e. The van der Waals surface area contributed by atoms with Gasteiger partial charge in [0.05, 0.1) is 5.41 Å². The van der Waals surface area contributed by atoms with Crippen LogP contribution in [0.5, 0.6) is 0 Å². The van der Waals surface area contributed by atoms with Gasteiger partial charge in [-0.3, -0.25) is 4.79 Å². The number of hydrogen-bond donors (Lipinski definition) is 0. The highest BCUT2D eigenvalue weighted by atomic mass is 16.1. The Morgan fingerprint density at radius 1 is 0.373 bits per heavy atom. The number of rotatable bonds is 6. The minimum atomic E-state index is -1.11. The maximum absolute atomic E-state index is 14.3. The number of benzene rings is 4. The van der Waals surface area contributed by atoms with E-state index in [1.807, 2.05) is 84.9 Å². The first-order chi connectivity index (χ1) is 25.2. The lowest BCUT2D eigenvalue weighted by molar-refractivity contribution is 0.103. The lowest BCUT2D eigenvalue weighted by Crippen LogP contribution is -2.38. The van der Waals surface area contributed by atoms with E-state index >= 15 is 0 Å². The molecule has 0 atom stereocenters. The summed E-state index contributed by atoms with van der Waals surface area (Å²) in [7, 11) is 0. The van der Waals surface area contributed by atoms with Crippen molar-refractivity contribution in [1.29, 1.82) is 0 Å². The third-order valence-electron chi connectivity index (χ3n) is 8.89. The Morgan fingerprint density at radius 3 is 0.980 bits per heavy atom. The highest BCUT2D eigenvalue weighted by Crippen LogP contribution is 2.52. The van der Waals surface area contributed by atoms with Gasteiger partial charge < -0.3 is 0 Å². The molecule has 13 heteroatoms. The van der Waals surface area contributed by atoms with Crippen LogP contribution in [0.15, 0.2) is 136 Å². The van der Waals surface area contributed by atoms with E-state index in [9.17, 15) is 4.79 Å². The predicted molar refractivity (Wildman–Crippen MR) is 183 cm³/mol. The van der Waals surface area contributed by atoms with Gasteiger partial charge in [0, 0.05) is 33.4 Å². The molecule has 4 aromatic carbocycles. The van der Waals surface area contributed by atoms with E-state index < -0.39 is 5.41 Å². The van der Waals surface area contributed by atoms with Gasteiger partial charge in [-0.2, -0.15) is 0 Å². The van der Waals surface area contributed by atoms with Crippen LogP contribution in [0.1, 0.15) is 38.2 Å². The molecule has 0 amide bonds. The molecule has 4 heterocycles. The lowest BCUT2D eigenvalue weighted by atomic mass is 9.59. The third-order valence-corrected chi connectivity index (χ3v) is 8.89. The molecule has 240 valence electrons. The molecule has 8 aromatic rings. The minimum absolute atomic E-state index is 0.0746. The zero-order valence-electron chi connectivity index (χ0n) is 26.5. The van der Waals surface area contributed by atoms with E-state index in [2.05, 4.69) is 59.8 Å². The molecular formula is C38H22N12O. The van der Waals surface area contributed by atoms with Crippen molar-refractivity contribution < 1.29 is 4.79 Å². The van der Waals surface area contributed by atoms with Gasteiger partial charge in [0.15, 0.2) is 29.1 Å². The summed E-state index contributed by atoms with van der Waals surface area (Å²) in [6, 6.07) is 27.4. The molecule has 4 aromatic heterocycles. The summed E-state index contributed by atoms with van der Waals surface area (Å²) >= 11 is 0. The Labute approximate surface area is 289 Å². The summed E-state index contributed by atoms with van der Waals surface area (Å²) < 4.78 is 0. The smallest absolute Gasteiger partial charge is 0.193 e. The highest BCUT2D eigenvalue weighted by molar-refractivity contribution is 6.14. The summed E-state index contributed by atoms with van der Waals surface area (Å²) in [5, 5.41) is 0. The van der Waals surface area contributed by atoms with Crippen molar-refractivity contribution in [2.75, 3.05) is 0 Å². The quantitative estimate of drug-likeness (QED) is 0.233. The molecule has 0 saturated heterocycles. The zero-order valence-corrected chi connectivity index (χ0v) is 26.5. The molecule has 0 bridgehead atoms. The van der Waals surface area contributed by atoms with Crippen LogP contribution in [0.4, 0.5) is 0 Å². The fourth-order valence-corrected chi connectivity index (χ4v) is 6.85. The molecular weight excluding hydrogens is 641 g/mol. The van der Waals surface area contributed by atoms with E-state index in [4.69, 9.17) is 0 Å². The number of carbonyl (C=O) groups is 1. The van der Waals surface area contributed by atoms with Crippen LogP contribution < -0.4 is 0 Å². The summed E-state index contributed by atoms with van der Waals surface area (Å²) in [5.41, 5.74) is 5.96. The number of hydrogen-bond acceptors (Lipinski definition) is 13. The molecule has 0 saturated carbocycles. The fourth-order valence-electron chi connectivity index (χ4n) is 6.85. The SMILES string of the molecule is O=C1c2ccccc2C(c2cc(-c3ncncn3)cc(-c3ncncn3)c2)(c2cc(-c3ncncn3)cc(-c3ncncn3)c2)c2ccccc21. The number of aromatic nitrogens is 12. The van der Waals surface area contributed by atoms with E-state index in [1.54, 1.807) is 0 Å². The molecule has 1 aliphatic rings. The summed E-state index contributed by atoms with van der Waals surface area (Å²) in [5.74, 6) is 1.74. The van der Waals surface area contributed by atoms with Crippen molar-refractivity contribution in [2.45, 2.75) is 5.41 Å². The van der Waals surface area contributed by atoms with Crippen LogP contribution in [0.3, 0.4) is 0 Å². The first-order valence-electron chi connectivity index (χ1n) is 15.7. The van der Waals surface area contributed by atoms with Crippen LogP contribution in [-0.2, 0) is 5.41 Å². The van der Waals surface area contributed by atoms with Gasteiger partial charge in [0.1, 0.15) is 50.6 Å². The van der Waals surface area contributed by atoms with Gasteiger partial charge >= 0.3 is 0 Å². The second-order valence-electron chi connectivity index (χ2n) is 11.6. The number of carbonyl (C=O) groups excluding carboxylic acids is 1.